The monoisotopic (exact) mass is 216 g/mol. The highest BCUT2D eigenvalue weighted by Crippen LogP contribution is 2.27. The van der Waals surface area contributed by atoms with Gasteiger partial charge >= 0.3 is 0 Å². The van der Waals surface area contributed by atoms with Crippen molar-refractivity contribution in [2.24, 2.45) is 0 Å². The highest BCUT2D eigenvalue weighted by molar-refractivity contribution is 7.99. The van der Waals surface area contributed by atoms with Gasteiger partial charge in [0.25, 0.3) is 0 Å². The SMILES string of the molecule is Cc1ccc(C)c(Sc2ncccn2)c1. The van der Waals surface area contributed by atoms with Gasteiger partial charge < -0.3 is 0 Å². The molecule has 0 radical (unpaired) electrons. The second-order valence-electron chi connectivity index (χ2n) is 3.40. The molecule has 0 bridgehead atoms. The van der Waals surface area contributed by atoms with Gasteiger partial charge in [0.15, 0.2) is 5.16 Å². The molecule has 2 rings (SSSR count). The van der Waals surface area contributed by atoms with E-state index in [1.165, 1.54) is 16.0 Å². The topological polar surface area (TPSA) is 25.8 Å². The Morgan fingerprint density at radius 2 is 1.80 bits per heavy atom. The van der Waals surface area contributed by atoms with Crippen LogP contribution in [0.4, 0.5) is 0 Å². The molecule has 2 nitrogen and oxygen atoms in total. The first-order chi connectivity index (χ1) is 7.25. The van der Waals surface area contributed by atoms with Crippen molar-refractivity contribution >= 4 is 11.8 Å². The predicted octanol–water partition coefficient (Wildman–Crippen LogP) is 3.24. The number of hydrogen-bond donors (Lipinski definition) is 0. The molecule has 3 heteroatoms. The van der Waals surface area contributed by atoms with Gasteiger partial charge in [0.1, 0.15) is 0 Å². The summed E-state index contributed by atoms with van der Waals surface area (Å²) in [5.41, 5.74) is 2.53. The lowest BCUT2D eigenvalue weighted by Crippen LogP contribution is -1.86. The van der Waals surface area contributed by atoms with Crippen LogP contribution in [0, 0.1) is 13.8 Å². The van der Waals surface area contributed by atoms with Gasteiger partial charge in [0, 0.05) is 17.3 Å². The van der Waals surface area contributed by atoms with Crippen LogP contribution in [0.15, 0.2) is 46.7 Å². The molecule has 0 N–H and O–H groups in total. The van der Waals surface area contributed by atoms with Crippen molar-refractivity contribution in [3.05, 3.63) is 47.8 Å². The number of aromatic nitrogens is 2. The number of rotatable bonds is 2. The molecule has 0 saturated carbocycles. The van der Waals surface area contributed by atoms with Crippen LogP contribution in [0.25, 0.3) is 0 Å². The molecule has 0 aliphatic carbocycles. The molecule has 0 fully saturated rings. The summed E-state index contributed by atoms with van der Waals surface area (Å²) in [5.74, 6) is 0. The molecular weight excluding hydrogens is 204 g/mol. The quantitative estimate of drug-likeness (QED) is 0.721. The van der Waals surface area contributed by atoms with Gasteiger partial charge in [0.2, 0.25) is 0 Å². The lowest BCUT2D eigenvalue weighted by Gasteiger charge is -2.04. The molecule has 0 aliphatic rings. The minimum atomic E-state index is 0.797. The number of hydrogen-bond acceptors (Lipinski definition) is 3. The van der Waals surface area contributed by atoms with E-state index in [0.29, 0.717) is 0 Å². The third kappa shape index (κ3) is 2.57. The fraction of sp³-hybridized carbons (Fsp3) is 0.167. The average molecular weight is 216 g/mol. The summed E-state index contributed by atoms with van der Waals surface area (Å²) in [6, 6.07) is 8.23. The molecule has 0 amide bonds. The van der Waals surface area contributed by atoms with Crippen molar-refractivity contribution in [3.63, 3.8) is 0 Å². The van der Waals surface area contributed by atoms with Crippen molar-refractivity contribution in [2.75, 3.05) is 0 Å². The van der Waals surface area contributed by atoms with Crippen molar-refractivity contribution in [1.29, 1.82) is 0 Å². The summed E-state index contributed by atoms with van der Waals surface area (Å²) < 4.78 is 0. The normalized spacial score (nSPS) is 10.3. The van der Waals surface area contributed by atoms with E-state index in [9.17, 15) is 0 Å². The van der Waals surface area contributed by atoms with Gasteiger partial charge in [0.05, 0.1) is 0 Å². The van der Waals surface area contributed by atoms with E-state index in [1.54, 1.807) is 24.2 Å². The lowest BCUT2D eigenvalue weighted by atomic mass is 10.2. The first-order valence-corrected chi connectivity index (χ1v) is 5.59. The predicted molar refractivity (Wildman–Crippen MR) is 62.1 cm³/mol. The van der Waals surface area contributed by atoms with Gasteiger partial charge in [-0.1, -0.05) is 12.1 Å². The molecule has 0 spiro atoms. The summed E-state index contributed by atoms with van der Waals surface area (Å²) in [6.07, 6.45) is 3.53. The number of nitrogens with zero attached hydrogens (tertiary/aromatic N) is 2. The van der Waals surface area contributed by atoms with Crippen LogP contribution < -0.4 is 0 Å². The van der Waals surface area contributed by atoms with Crippen LogP contribution in [0.3, 0.4) is 0 Å². The van der Waals surface area contributed by atoms with Crippen molar-refractivity contribution in [3.8, 4) is 0 Å². The fourth-order valence-electron chi connectivity index (χ4n) is 1.25. The highest BCUT2D eigenvalue weighted by Gasteiger charge is 2.02. The molecule has 1 heterocycles. The van der Waals surface area contributed by atoms with Crippen LogP contribution in [-0.2, 0) is 0 Å². The van der Waals surface area contributed by atoms with Crippen LogP contribution >= 0.6 is 11.8 Å². The third-order valence-electron chi connectivity index (χ3n) is 2.09. The zero-order valence-corrected chi connectivity index (χ0v) is 9.58. The molecule has 15 heavy (non-hydrogen) atoms. The Hall–Kier alpha value is -1.35. The van der Waals surface area contributed by atoms with E-state index in [-0.39, 0.29) is 0 Å². The van der Waals surface area contributed by atoms with Crippen LogP contribution in [0.2, 0.25) is 0 Å². The highest BCUT2D eigenvalue weighted by atomic mass is 32.2. The summed E-state index contributed by atoms with van der Waals surface area (Å²) >= 11 is 1.61. The van der Waals surface area contributed by atoms with E-state index in [4.69, 9.17) is 0 Å². The minimum Gasteiger partial charge on any atom is -0.231 e. The van der Waals surface area contributed by atoms with Crippen molar-refractivity contribution in [2.45, 2.75) is 23.9 Å². The van der Waals surface area contributed by atoms with Gasteiger partial charge in [-0.25, -0.2) is 9.97 Å². The Morgan fingerprint density at radius 3 is 2.53 bits per heavy atom. The Kier molecular flexibility index (Phi) is 3.02. The van der Waals surface area contributed by atoms with Gasteiger partial charge in [-0.3, -0.25) is 0 Å². The van der Waals surface area contributed by atoms with Crippen molar-refractivity contribution in [1.82, 2.24) is 9.97 Å². The Labute approximate surface area is 93.8 Å². The van der Waals surface area contributed by atoms with Gasteiger partial charge in [-0.2, -0.15) is 0 Å². The van der Waals surface area contributed by atoms with E-state index in [0.717, 1.165) is 5.16 Å². The maximum absolute atomic E-state index is 4.20. The number of aryl methyl sites for hydroxylation is 2. The third-order valence-corrected chi connectivity index (χ3v) is 3.14. The van der Waals surface area contributed by atoms with Gasteiger partial charge in [-0.05, 0) is 48.9 Å². The summed E-state index contributed by atoms with van der Waals surface area (Å²) in [6.45, 7) is 4.19. The Bertz CT molecular complexity index is 454. The maximum atomic E-state index is 4.20. The standard InChI is InChI=1S/C12H12N2S/c1-9-4-5-10(2)11(8-9)15-12-13-6-3-7-14-12/h3-8H,1-2H3. The van der Waals surface area contributed by atoms with Crippen LogP contribution in [0.5, 0.6) is 0 Å². The van der Waals surface area contributed by atoms with Crippen LogP contribution in [0.1, 0.15) is 11.1 Å². The molecule has 1 aromatic heterocycles. The van der Waals surface area contributed by atoms with E-state index in [1.807, 2.05) is 6.07 Å². The van der Waals surface area contributed by atoms with E-state index in [2.05, 4.69) is 42.0 Å². The van der Waals surface area contributed by atoms with Crippen molar-refractivity contribution < 1.29 is 0 Å². The molecule has 0 atom stereocenters. The second kappa shape index (κ2) is 4.45. The molecule has 76 valence electrons. The largest absolute Gasteiger partial charge is 0.231 e. The minimum absolute atomic E-state index is 0.797. The molecular formula is C12H12N2S. The molecule has 2 aromatic rings. The zero-order chi connectivity index (χ0) is 10.7. The molecule has 0 saturated heterocycles. The molecule has 0 aliphatic heterocycles. The average Bonchev–Trinajstić information content (AvgIpc) is 2.25. The Balaban J connectivity index is 2.28. The second-order valence-corrected chi connectivity index (χ2v) is 4.41. The van der Waals surface area contributed by atoms with Crippen LogP contribution in [-0.4, -0.2) is 9.97 Å². The fourth-order valence-corrected chi connectivity index (χ4v) is 2.15. The maximum Gasteiger partial charge on any atom is 0.192 e. The lowest BCUT2D eigenvalue weighted by molar-refractivity contribution is 0.965. The number of benzene rings is 1. The van der Waals surface area contributed by atoms with E-state index >= 15 is 0 Å². The zero-order valence-electron chi connectivity index (χ0n) is 8.77. The van der Waals surface area contributed by atoms with E-state index < -0.39 is 0 Å². The molecule has 0 unspecified atom stereocenters. The Morgan fingerprint density at radius 1 is 1.07 bits per heavy atom. The summed E-state index contributed by atoms with van der Waals surface area (Å²) in [7, 11) is 0. The smallest absolute Gasteiger partial charge is 0.192 e. The van der Waals surface area contributed by atoms with Gasteiger partial charge in [-0.15, -0.1) is 0 Å². The summed E-state index contributed by atoms with van der Waals surface area (Å²) in [4.78, 5) is 9.62. The molecule has 1 aromatic carbocycles. The summed E-state index contributed by atoms with van der Waals surface area (Å²) in [5, 5.41) is 0.797. The first kappa shape index (κ1) is 10.2. The first-order valence-electron chi connectivity index (χ1n) is 4.78.